The third-order valence-electron chi connectivity index (χ3n) is 3.21. The van der Waals surface area contributed by atoms with Gasteiger partial charge in [-0.05, 0) is 64.2 Å². The summed E-state index contributed by atoms with van der Waals surface area (Å²) in [4.78, 5) is 0. The number of hydrogen-bond donors (Lipinski definition) is 1. The van der Waals surface area contributed by atoms with Gasteiger partial charge in [0.05, 0.1) is 11.1 Å². The van der Waals surface area contributed by atoms with Crippen LogP contribution in [0.5, 0.6) is 5.75 Å². The highest BCUT2D eigenvalue weighted by molar-refractivity contribution is 9.10. The molecule has 0 heterocycles. The average molecular weight is 369 g/mol. The van der Waals surface area contributed by atoms with Crippen molar-refractivity contribution in [3.8, 4) is 5.75 Å². The van der Waals surface area contributed by atoms with E-state index in [0.717, 1.165) is 40.3 Å². The molecule has 2 rings (SSSR count). The lowest BCUT2D eigenvalue weighted by atomic mass is 10.00. The number of halogens is 2. The van der Waals surface area contributed by atoms with Crippen LogP contribution in [0, 0.1) is 0 Å². The topological polar surface area (TPSA) is 35.2 Å². The fourth-order valence-electron chi connectivity index (χ4n) is 2.07. The standard InChI is InChI=1S/C17H19BrClNO/c1-2-9-21-17-8-5-13(11-15(17)18)16(20)10-12-3-6-14(19)7-4-12/h3-8,11,16H,2,9-10,20H2,1H3. The number of hydrogen-bond acceptors (Lipinski definition) is 2. The first-order valence-corrected chi connectivity index (χ1v) is 8.19. The lowest BCUT2D eigenvalue weighted by Crippen LogP contribution is -2.13. The molecule has 0 amide bonds. The quantitative estimate of drug-likeness (QED) is 0.766. The fraction of sp³-hybridized carbons (Fsp3) is 0.294. The second kappa shape index (κ2) is 7.83. The molecule has 0 radical (unpaired) electrons. The molecule has 1 atom stereocenters. The van der Waals surface area contributed by atoms with Crippen LogP contribution < -0.4 is 10.5 Å². The van der Waals surface area contributed by atoms with Gasteiger partial charge < -0.3 is 10.5 Å². The van der Waals surface area contributed by atoms with Gasteiger partial charge in [-0.3, -0.25) is 0 Å². The molecule has 0 aliphatic carbocycles. The van der Waals surface area contributed by atoms with Gasteiger partial charge in [0.2, 0.25) is 0 Å². The SMILES string of the molecule is CCCOc1ccc(C(N)Cc2ccc(Cl)cc2)cc1Br. The Morgan fingerprint density at radius 2 is 1.90 bits per heavy atom. The predicted octanol–water partition coefficient (Wildman–Crippen LogP) is 5.13. The number of benzene rings is 2. The number of ether oxygens (including phenoxy) is 1. The van der Waals surface area contributed by atoms with Crippen molar-refractivity contribution >= 4 is 27.5 Å². The Balaban J connectivity index is 2.06. The molecular formula is C17H19BrClNO. The smallest absolute Gasteiger partial charge is 0.133 e. The van der Waals surface area contributed by atoms with Crippen LogP contribution in [0.3, 0.4) is 0 Å². The van der Waals surface area contributed by atoms with E-state index in [4.69, 9.17) is 22.1 Å². The van der Waals surface area contributed by atoms with Gasteiger partial charge in [0.1, 0.15) is 5.75 Å². The number of rotatable bonds is 6. The van der Waals surface area contributed by atoms with Crippen LogP contribution in [-0.2, 0) is 6.42 Å². The van der Waals surface area contributed by atoms with Crippen LogP contribution in [0.4, 0.5) is 0 Å². The van der Waals surface area contributed by atoms with Crippen LogP contribution in [0.2, 0.25) is 5.02 Å². The molecule has 0 saturated heterocycles. The Hall–Kier alpha value is -1.03. The van der Waals surface area contributed by atoms with Crippen LogP contribution in [0.25, 0.3) is 0 Å². The average Bonchev–Trinajstić information content (AvgIpc) is 2.48. The molecule has 0 aliphatic heterocycles. The van der Waals surface area contributed by atoms with Crippen molar-refractivity contribution in [1.29, 1.82) is 0 Å². The highest BCUT2D eigenvalue weighted by Crippen LogP contribution is 2.29. The van der Waals surface area contributed by atoms with E-state index in [1.54, 1.807) is 0 Å². The third kappa shape index (κ3) is 4.73. The first-order chi connectivity index (χ1) is 10.1. The van der Waals surface area contributed by atoms with E-state index >= 15 is 0 Å². The minimum atomic E-state index is -0.0531. The van der Waals surface area contributed by atoms with Gasteiger partial charge in [0, 0.05) is 11.1 Å². The molecule has 1 unspecified atom stereocenters. The van der Waals surface area contributed by atoms with Crippen molar-refractivity contribution < 1.29 is 4.74 Å². The zero-order valence-corrected chi connectivity index (χ0v) is 14.3. The lowest BCUT2D eigenvalue weighted by molar-refractivity contribution is 0.315. The molecular weight excluding hydrogens is 350 g/mol. The highest BCUT2D eigenvalue weighted by atomic mass is 79.9. The predicted molar refractivity (Wildman–Crippen MR) is 92.0 cm³/mol. The van der Waals surface area contributed by atoms with E-state index in [0.29, 0.717) is 0 Å². The van der Waals surface area contributed by atoms with E-state index in [-0.39, 0.29) is 6.04 Å². The second-order valence-corrected chi connectivity index (χ2v) is 6.27. The first-order valence-electron chi connectivity index (χ1n) is 7.02. The molecule has 2 aromatic rings. The summed E-state index contributed by atoms with van der Waals surface area (Å²) < 4.78 is 6.59. The summed E-state index contributed by atoms with van der Waals surface area (Å²) >= 11 is 9.44. The summed E-state index contributed by atoms with van der Waals surface area (Å²) in [5.41, 5.74) is 8.55. The highest BCUT2D eigenvalue weighted by Gasteiger charge is 2.10. The van der Waals surface area contributed by atoms with Gasteiger partial charge in [-0.25, -0.2) is 0 Å². The maximum Gasteiger partial charge on any atom is 0.133 e. The van der Waals surface area contributed by atoms with E-state index < -0.39 is 0 Å². The van der Waals surface area contributed by atoms with Crippen LogP contribution in [0.1, 0.15) is 30.5 Å². The second-order valence-electron chi connectivity index (χ2n) is 4.98. The molecule has 112 valence electrons. The summed E-state index contributed by atoms with van der Waals surface area (Å²) in [5.74, 6) is 0.860. The molecule has 2 nitrogen and oxygen atoms in total. The first kappa shape index (κ1) is 16.3. The Labute approximate surface area is 139 Å². The Morgan fingerprint density at radius 3 is 2.52 bits per heavy atom. The maximum absolute atomic E-state index is 6.29. The minimum Gasteiger partial charge on any atom is -0.492 e. The Bertz CT molecular complexity index is 586. The van der Waals surface area contributed by atoms with Gasteiger partial charge in [-0.1, -0.05) is 36.7 Å². The lowest BCUT2D eigenvalue weighted by Gasteiger charge is -2.14. The van der Waals surface area contributed by atoms with E-state index in [2.05, 4.69) is 22.9 Å². The summed E-state index contributed by atoms with van der Waals surface area (Å²) in [6.07, 6.45) is 1.77. The molecule has 0 aliphatic rings. The van der Waals surface area contributed by atoms with Gasteiger partial charge in [0.15, 0.2) is 0 Å². The molecule has 0 bridgehead atoms. The van der Waals surface area contributed by atoms with E-state index in [1.807, 2.05) is 42.5 Å². The van der Waals surface area contributed by atoms with Crippen molar-refractivity contribution in [2.75, 3.05) is 6.61 Å². The number of nitrogens with two attached hydrogens (primary N) is 1. The molecule has 0 aromatic heterocycles. The minimum absolute atomic E-state index is 0.0531. The van der Waals surface area contributed by atoms with Crippen molar-refractivity contribution in [2.45, 2.75) is 25.8 Å². The summed E-state index contributed by atoms with van der Waals surface area (Å²) in [6, 6.07) is 13.8. The van der Waals surface area contributed by atoms with Crippen molar-refractivity contribution in [1.82, 2.24) is 0 Å². The third-order valence-corrected chi connectivity index (χ3v) is 4.09. The van der Waals surface area contributed by atoms with Gasteiger partial charge >= 0.3 is 0 Å². The molecule has 0 fully saturated rings. The fourth-order valence-corrected chi connectivity index (χ4v) is 2.71. The van der Waals surface area contributed by atoms with Crippen molar-refractivity contribution in [3.05, 3.63) is 63.1 Å². The van der Waals surface area contributed by atoms with Crippen molar-refractivity contribution in [3.63, 3.8) is 0 Å². The Morgan fingerprint density at radius 1 is 1.19 bits per heavy atom. The van der Waals surface area contributed by atoms with Gasteiger partial charge in [0.25, 0.3) is 0 Å². The largest absolute Gasteiger partial charge is 0.492 e. The van der Waals surface area contributed by atoms with Gasteiger partial charge in [-0.2, -0.15) is 0 Å². The molecule has 4 heteroatoms. The van der Waals surface area contributed by atoms with E-state index in [1.165, 1.54) is 5.56 Å². The molecule has 2 N–H and O–H groups in total. The zero-order chi connectivity index (χ0) is 15.2. The zero-order valence-electron chi connectivity index (χ0n) is 12.0. The van der Waals surface area contributed by atoms with Gasteiger partial charge in [-0.15, -0.1) is 0 Å². The van der Waals surface area contributed by atoms with Crippen LogP contribution >= 0.6 is 27.5 Å². The normalized spacial score (nSPS) is 12.2. The Kier molecular flexibility index (Phi) is 6.09. The van der Waals surface area contributed by atoms with Crippen LogP contribution in [-0.4, -0.2) is 6.61 Å². The molecule has 21 heavy (non-hydrogen) atoms. The molecule has 0 spiro atoms. The summed E-state index contributed by atoms with van der Waals surface area (Å²) in [6.45, 7) is 2.80. The molecule has 0 saturated carbocycles. The summed E-state index contributed by atoms with van der Waals surface area (Å²) in [7, 11) is 0. The van der Waals surface area contributed by atoms with E-state index in [9.17, 15) is 0 Å². The monoisotopic (exact) mass is 367 g/mol. The molecule has 2 aromatic carbocycles. The van der Waals surface area contributed by atoms with Crippen LogP contribution in [0.15, 0.2) is 46.9 Å². The maximum atomic E-state index is 6.29. The van der Waals surface area contributed by atoms with Crippen molar-refractivity contribution in [2.24, 2.45) is 5.73 Å². The summed E-state index contributed by atoms with van der Waals surface area (Å²) in [5, 5.41) is 0.743.